The van der Waals surface area contributed by atoms with Crippen LogP contribution in [0.25, 0.3) is 22.9 Å². The number of morpholine rings is 1. The van der Waals surface area contributed by atoms with Gasteiger partial charge in [0.1, 0.15) is 0 Å². The van der Waals surface area contributed by atoms with E-state index in [1.807, 2.05) is 19.2 Å². The van der Waals surface area contributed by atoms with Gasteiger partial charge in [-0.25, -0.2) is 18.1 Å². The summed E-state index contributed by atoms with van der Waals surface area (Å²) in [5, 5.41) is 4.46. The van der Waals surface area contributed by atoms with Crippen molar-refractivity contribution in [3.63, 3.8) is 0 Å². The van der Waals surface area contributed by atoms with Gasteiger partial charge in [0.25, 0.3) is 0 Å². The van der Waals surface area contributed by atoms with E-state index in [4.69, 9.17) is 4.74 Å². The Morgan fingerprint density at radius 3 is 2.59 bits per heavy atom. The molecular weight excluding hydrogens is 448 g/mol. The SMILES string of the molecule is C=Nc1c(-c2cccc(S(C)(=O)=O)c2)cnn1/C=C(\C)c1ccc(CCN2CCOCC2)cc1. The number of hydrogen-bond acceptors (Lipinski definition) is 6. The Balaban J connectivity index is 1.52. The number of allylic oxidation sites excluding steroid dienone is 1. The zero-order chi connectivity index (χ0) is 24.1. The summed E-state index contributed by atoms with van der Waals surface area (Å²) in [7, 11) is -3.31. The summed E-state index contributed by atoms with van der Waals surface area (Å²) in [6, 6.07) is 15.4. The summed E-state index contributed by atoms with van der Waals surface area (Å²) in [6.07, 6.45) is 5.81. The molecule has 8 heteroatoms. The largest absolute Gasteiger partial charge is 0.379 e. The molecule has 3 aromatic rings. The zero-order valence-corrected chi connectivity index (χ0v) is 20.5. The number of aliphatic imine (C=N–C) groups is 1. The van der Waals surface area contributed by atoms with E-state index in [1.54, 1.807) is 29.1 Å². The smallest absolute Gasteiger partial charge is 0.175 e. The molecule has 2 aromatic carbocycles. The molecule has 1 aliphatic heterocycles. The fraction of sp³-hybridized carbons (Fsp3) is 0.308. The molecule has 0 bridgehead atoms. The second kappa shape index (κ2) is 10.5. The van der Waals surface area contributed by atoms with Crippen molar-refractivity contribution in [1.29, 1.82) is 0 Å². The fourth-order valence-corrected chi connectivity index (χ4v) is 4.68. The molecule has 178 valence electrons. The van der Waals surface area contributed by atoms with E-state index in [9.17, 15) is 8.42 Å². The molecule has 0 amide bonds. The van der Waals surface area contributed by atoms with E-state index in [2.05, 4.69) is 46.0 Å². The minimum Gasteiger partial charge on any atom is -0.379 e. The lowest BCUT2D eigenvalue weighted by Gasteiger charge is -2.26. The van der Waals surface area contributed by atoms with Crippen LogP contribution in [0.15, 0.2) is 64.6 Å². The maximum absolute atomic E-state index is 12.0. The van der Waals surface area contributed by atoms with Crippen molar-refractivity contribution in [2.45, 2.75) is 18.2 Å². The Hall–Kier alpha value is -3.07. The topological polar surface area (TPSA) is 76.8 Å². The Morgan fingerprint density at radius 2 is 1.91 bits per heavy atom. The van der Waals surface area contributed by atoms with E-state index >= 15 is 0 Å². The fourth-order valence-electron chi connectivity index (χ4n) is 4.01. The molecule has 4 rings (SSSR count). The zero-order valence-electron chi connectivity index (χ0n) is 19.6. The van der Waals surface area contributed by atoms with Gasteiger partial charge in [-0.3, -0.25) is 4.90 Å². The molecule has 0 atom stereocenters. The first-order valence-corrected chi connectivity index (χ1v) is 13.2. The third kappa shape index (κ3) is 5.70. The first-order valence-electron chi connectivity index (χ1n) is 11.3. The molecule has 0 saturated carbocycles. The van der Waals surface area contributed by atoms with Gasteiger partial charge in [-0.2, -0.15) is 5.10 Å². The molecule has 0 spiro atoms. The van der Waals surface area contributed by atoms with E-state index < -0.39 is 9.84 Å². The van der Waals surface area contributed by atoms with Crippen LogP contribution in [0.2, 0.25) is 0 Å². The van der Waals surface area contributed by atoms with E-state index in [0.29, 0.717) is 5.82 Å². The lowest BCUT2D eigenvalue weighted by atomic mass is 10.0. The van der Waals surface area contributed by atoms with Gasteiger partial charge in [0, 0.05) is 37.7 Å². The average molecular weight is 479 g/mol. The number of sulfone groups is 1. The normalized spacial score (nSPS) is 15.4. The molecule has 2 heterocycles. The highest BCUT2D eigenvalue weighted by Crippen LogP contribution is 2.32. The maximum Gasteiger partial charge on any atom is 0.175 e. The van der Waals surface area contributed by atoms with Crippen molar-refractivity contribution in [2.24, 2.45) is 4.99 Å². The third-order valence-corrected chi connectivity index (χ3v) is 7.15. The lowest BCUT2D eigenvalue weighted by Crippen LogP contribution is -2.37. The monoisotopic (exact) mass is 478 g/mol. The molecule has 7 nitrogen and oxygen atoms in total. The van der Waals surface area contributed by atoms with Gasteiger partial charge in [-0.05, 0) is 54.5 Å². The Kier molecular flexibility index (Phi) is 7.41. The molecule has 0 radical (unpaired) electrons. The van der Waals surface area contributed by atoms with E-state index in [-0.39, 0.29) is 4.90 Å². The quantitative estimate of drug-likeness (QED) is 0.454. The summed E-state index contributed by atoms with van der Waals surface area (Å²) < 4.78 is 31.0. The van der Waals surface area contributed by atoms with Gasteiger partial charge in [0.05, 0.1) is 24.3 Å². The minimum atomic E-state index is -3.31. The van der Waals surface area contributed by atoms with E-state index in [0.717, 1.165) is 61.5 Å². The van der Waals surface area contributed by atoms with Crippen molar-refractivity contribution in [2.75, 3.05) is 39.1 Å². The van der Waals surface area contributed by atoms with Gasteiger partial charge >= 0.3 is 0 Å². The van der Waals surface area contributed by atoms with Crippen LogP contribution >= 0.6 is 0 Å². The number of rotatable bonds is 8. The molecule has 1 aromatic heterocycles. The third-order valence-electron chi connectivity index (χ3n) is 6.04. The van der Waals surface area contributed by atoms with Gasteiger partial charge in [0.15, 0.2) is 15.7 Å². The number of aromatic nitrogens is 2. The summed E-state index contributed by atoms with van der Waals surface area (Å²) in [4.78, 5) is 6.87. The van der Waals surface area contributed by atoms with Crippen LogP contribution in [0, 0.1) is 0 Å². The standard InChI is InChI=1S/C26H30N4O3S/c1-20(22-9-7-21(8-10-22)11-12-29-13-15-33-16-14-29)19-30-26(27-2)25(18-28-30)23-5-4-6-24(17-23)34(3,31)32/h4-10,17-19H,2,11-16H2,1,3H3/b20-19+. The average Bonchev–Trinajstić information content (AvgIpc) is 3.25. The van der Waals surface area contributed by atoms with Gasteiger partial charge in [-0.15, -0.1) is 0 Å². The van der Waals surface area contributed by atoms with E-state index in [1.165, 1.54) is 11.8 Å². The number of ether oxygens (including phenoxy) is 1. The highest BCUT2D eigenvalue weighted by molar-refractivity contribution is 7.90. The van der Waals surface area contributed by atoms with Crippen LogP contribution in [0.3, 0.4) is 0 Å². The Bertz CT molecular complexity index is 1290. The van der Waals surface area contributed by atoms with Crippen molar-refractivity contribution >= 4 is 34.1 Å². The first-order chi connectivity index (χ1) is 16.3. The lowest BCUT2D eigenvalue weighted by molar-refractivity contribution is 0.0384. The number of hydrogen-bond donors (Lipinski definition) is 0. The van der Waals surface area contributed by atoms with Crippen molar-refractivity contribution < 1.29 is 13.2 Å². The van der Waals surface area contributed by atoms with Gasteiger partial charge in [0.2, 0.25) is 0 Å². The van der Waals surface area contributed by atoms with Gasteiger partial charge < -0.3 is 4.74 Å². The van der Waals surface area contributed by atoms with Crippen molar-refractivity contribution in [3.05, 3.63) is 65.9 Å². The predicted molar refractivity (Wildman–Crippen MR) is 137 cm³/mol. The predicted octanol–water partition coefficient (Wildman–Crippen LogP) is 4.18. The summed E-state index contributed by atoms with van der Waals surface area (Å²) >= 11 is 0. The summed E-state index contributed by atoms with van der Waals surface area (Å²) in [6.45, 7) is 10.4. The molecule has 0 unspecified atom stereocenters. The molecule has 1 fully saturated rings. The van der Waals surface area contributed by atoms with Crippen LogP contribution in [0.1, 0.15) is 18.1 Å². The first kappa shape index (κ1) is 24.1. The highest BCUT2D eigenvalue weighted by atomic mass is 32.2. The minimum absolute atomic E-state index is 0.258. The van der Waals surface area contributed by atoms with Crippen LogP contribution in [0.4, 0.5) is 5.82 Å². The summed E-state index contributed by atoms with van der Waals surface area (Å²) in [5.74, 6) is 0.562. The molecular formula is C26H30N4O3S. The van der Waals surface area contributed by atoms with Crippen LogP contribution in [0.5, 0.6) is 0 Å². The Morgan fingerprint density at radius 1 is 1.18 bits per heavy atom. The van der Waals surface area contributed by atoms with Crippen LogP contribution < -0.4 is 0 Å². The van der Waals surface area contributed by atoms with Crippen molar-refractivity contribution in [1.82, 2.24) is 14.7 Å². The molecule has 0 N–H and O–H groups in total. The summed E-state index contributed by atoms with van der Waals surface area (Å²) in [5.41, 5.74) is 4.89. The van der Waals surface area contributed by atoms with Crippen molar-refractivity contribution in [3.8, 4) is 11.1 Å². The Labute approximate surface area is 201 Å². The maximum atomic E-state index is 12.0. The van der Waals surface area contributed by atoms with Gasteiger partial charge in [-0.1, -0.05) is 36.4 Å². The molecule has 1 aliphatic rings. The molecule has 34 heavy (non-hydrogen) atoms. The molecule has 0 aliphatic carbocycles. The highest BCUT2D eigenvalue weighted by Gasteiger charge is 2.14. The van der Waals surface area contributed by atoms with Crippen LogP contribution in [-0.4, -0.2) is 68.9 Å². The second-order valence-corrected chi connectivity index (χ2v) is 10.5. The number of benzene rings is 2. The number of nitrogens with zero attached hydrogens (tertiary/aromatic N) is 4. The van der Waals surface area contributed by atoms with Crippen LogP contribution in [-0.2, 0) is 21.0 Å². The molecule has 1 saturated heterocycles. The second-order valence-electron chi connectivity index (χ2n) is 8.50.